The molecule has 1 aromatic heterocycles. The van der Waals surface area contributed by atoms with E-state index in [-0.39, 0.29) is 30.5 Å². The van der Waals surface area contributed by atoms with Crippen LogP contribution < -0.4 is 5.73 Å². The normalized spacial score (nSPS) is 13.3. The van der Waals surface area contributed by atoms with Gasteiger partial charge >= 0.3 is 0 Å². The van der Waals surface area contributed by atoms with Gasteiger partial charge in [0.2, 0.25) is 0 Å². The Morgan fingerprint density at radius 2 is 1.74 bits per heavy atom. The molecule has 0 radical (unpaired) electrons. The molecule has 3 aromatic rings. The van der Waals surface area contributed by atoms with Crippen LogP contribution in [0, 0.1) is 5.41 Å². The van der Waals surface area contributed by atoms with Crippen molar-refractivity contribution in [2.45, 2.75) is 33.4 Å². The van der Waals surface area contributed by atoms with Gasteiger partial charge in [-0.05, 0) is 30.7 Å². The SMILES string of the molecule is CCn1c2ccccc2c2cc([C@@H](N)C(C)(C)CO)ccc21.Cl. The first kappa shape index (κ1) is 17.8. The molecule has 0 aliphatic heterocycles. The molecule has 1 atom stereocenters. The minimum Gasteiger partial charge on any atom is -0.396 e. The van der Waals surface area contributed by atoms with Crippen molar-refractivity contribution in [1.29, 1.82) is 0 Å². The fourth-order valence-electron chi connectivity index (χ4n) is 3.15. The predicted octanol–water partition coefficient (Wildman–Crippen LogP) is 4.25. The smallest absolute Gasteiger partial charge is 0.0500 e. The van der Waals surface area contributed by atoms with Crippen molar-refractivity contribution in [3.63, 3.8) is 0 Å². The highest BCUT2D eigenvalue weighted by molar-refractivity contribution is 6.08. The predicted molar refractivity (Wildman–Crippen MR) is 100 cm³/mol. The molecule has 0 aliphatic rings. The number of hydrogen-bond donors (Lipinski definition) is 2. The van der Waals surface area contributed by atoms with E-state index in [0.29, 0.717) is 0 Å². The number of benzene rings is 2. The summed E-state index contributed by atoms with van der Waals surface area (Å²) in [6, 6.07) is 14.7. The topological polar surface area (TPSA) is 51.2 Å². The zero-order chi connectivity index (χ0) is 15.9. The lowest BCUT2D eigenvalue weighted by molar-refractivity contribution is 0.132. The lowest BCUT2D eigenvalue weighted by Crippen LogP contribution is -2.32. The average Bonchev–Trinajstić information content (AvgIpc) is 2.87. The largest absolute Gasteiger partial charge is 0.396 e. The van der Waals surface area contributed by atoms with Crippen LogP contribution in [0.3, 0.4) is 0 Å². The molecule has 1 heterocycles. The minimum absolute atomic E-state index is 0. The van der Waals surface area contributed by atoms with Crippen molar-refractivity contribution in [2.24, 2.45) is 11.1 Å². The molecule has 3 rings (SSSR count). The van der Waals surface area contributed by atoms with Crippen molar-refractivity contribution in [2.75, 3.05) is 6.61 Å². The Balaban J connectivity index is 0.00000192. The number of nitrogens with zero attached hydrogens (tertiary/aromatic N) is 1. The average molecular weight is 333 g/mol. The number of halogens is 1. The summed E-state index contributed by atoms with van der Waals surface area (Å²) in [7, 11) is 0. The van der Waals surface area contributed by atoms with Gasteiger partial charge in [-0.1, -0.05) is 38.1 Å². The van der Waals surface area contributed by atoms with Gasteiger partial charge in [0.15, 0.2) is 0 Å². The van der Waals surface area contributed by atoms with Crippen LogP contribution in [0.15, 0.2) is 42.5 Å². The summed E-state index contributed by atoms with van der Waals surface area (Å²) in [5.41, 5.74) is 9.62. The molecule has 0 amide bonds. The van der Waals surface area contributed by atoms with Crippen molar-refractivity contribution < 1.29 is 5.11 Å². The van der Waals surface area contributed by atoms with E-state index in [2.05, 4.69) is 54.0 Å². The van der Waals surface area contributed by atoms with E-state index < -0.39 is 0 Å². The highest BCUT2D eigenvalue weighted by Crippen LogP contribution is 2.35. The third-order valence-corrected chi connectivity index (χ3v) is 4.72. The summed E-state index contributed by atoms with van der Waals surface area (Å²) < 4.78 is 2.33. The van der Waals surface area contributed by atoms with Gasteiger partial charge < -0.3 is 15.4 Å². The van der Waals surface area contributed by atoms with E-state index in [1.54, 1.807) is 0 Å². The molecule has 124 valence electrons. The number of nitrogens with two attached hydrogens (primary N) is 1. The molecule has 0 spiro atoms. The van der Waals surface area contributed by atoms with Crippen LogP contribution in [0.1, 0.15) is 32.4 Å². The van der Waals surface area contributed by atoms with Gasteiger partial charge in [0.1, 0.15) is 0 Å². The van der Waals surface area contributed by atoms with Gasteiger partial charge in [-0.2, -0.15) is 0 Å². The first-order valence-electron chi connectivity index (χ1n) is 7.87. The first-order valence-corrected chi connectivity index (χ1v) is 7.87. The number of aryl methyl sites for hydroxylation is 1. The fourth-order valence-corrected chi connectivity index (χ4v) is 3.15. The standard InChI is InChI=1S/C19H24N2O.ClH/c1-4-21-16-8-6-5-7-14(16)15-11-13(9-10-17(15)21)18(20)19(2,3)12-22;/h5-11,18,22H,4,12,20H2,1-3H3;1H/t18-;/m1./s1. The molecule has 2 aromatic carbocycles. The number of para-hydroxylation sites is 1. The Morgan fingerprint density at radius 1 is 1.09 bits per heavy atom. The van der Waals surface area contributed by atoms with E-state index >= 15 is 0 Å². The van der Waals surface area contributed by atoms with Crippen LogP contribution in [-0.4, -0.2) is 16.3 Å². The summed E-state index contributed by atoms with van der Waals surface area (Å²) in [6.45, 7) is 7.18. The van der Waals surface area contributed by atoms with E-state index in [1.807, 2.05) is 13.8 Å². The number of aliphatic hydroxyl groups excluding tert-OH is 1. The number of fused-ring (bicyclic) bond motifs is 3. The van der Waals surface area contributed by atoms with Gasteiger partial charge in [0, 0.05) is 46.4 Å². The molecule has 0 unspecified atom stereocenters. The molecule has 4 heteroatoms. The van der Waals surface area contributed by atoms with Gasteiger partial charge in [-0.3, -0.25) is 0 Å². The van der Waals surface area contributed by atoms with Crippen molar-refractivity contribution in [3.05, 3.63) is 48.0 Å². The van der Waals surface area contributed by atoms with E-state index in [4.69, 9.17) is 5.73 Å². The molecule has 3 nitrogen and oxygen atoms in total. The van der Waals surface area contributed by atoms with Crippen molar-refractivity contribution in [3.8, 4) is 0 Å². The molecule has 0 aliphatic carbocycles. The molecule has 3 N–H and O–H groups in total. The maximum atomic E-state index is 9.57. The van der Waals surface area contributed by atoms with Gasteiger partial charge in [-0.15, -0.1) is 12.4 Å². The third kappa shape index (κ3) is 2.85. The molecule has 23 heavy (non-hydrogen) atoms. The number of rotatable bonds is 4. The molecule has 0 bridgehead atoms. The van der Waals surface area contributed by atoms with Crippen LogP contribution in [0.5, 0.6) is 0 Å². The Bertz CT molecular complexity index is 823. The Hall–Kier alpha value is -1.55. The van der Waals surface area contributed by atoms with E-state index in [0.717, 1.165) is 12.1 Å². The van der Waals surface area contributed by atoms with E-state index in [1.165, 1.54) is 21.8 Å². The monoisotopic (exact) mass is 332 g/mol. The second kappa shape index (κ2) is 6.52. The van der Waals surface area contributed by atoms with Gasteiger partial charge in [0.05, 0.1) is 0 Å². The molecular weight excluding hydrogens is 308 g/mol. The zero-order valence-electron chi connectivity index (χ0n) is 13.9. The van der Waals surface area contributed by atoms with Gasteiger partial charge in [0.25, 0.3) is 0 Å². The maximum Gasteiger partial charge on any atom is 0.0500 e. The quantitative estimate of drug-likeness (QED) is 0.750. The van der Waals surface area contributed by atoms with Crippen LogP contribution in [0.4, 0.5) is 0 Å². The van der Waals surface area contributed by atoms with Crippen LogP contribution >= 0.6 is 12.4 Å². The highest BCUT2D eigenvalue weighted by Gasteiger charge is 2.27. The molecule has 0 saturated carbocycles. The Labute approximate surface area is 143 Å². The zero-order valence-corrected chi connectivity index (χ0v) is 14.7. The second-order valence-electron chi connectivity index (χ2n) is 6.66. The minimum atomic E-state index is -0.337. The molecule has 0 saturated heterocycles. The molecular formula is C19H25ClN2O. The third-order valence-electron chi connectivity index (χ3n) is 4.72. The van der Waals surface area contributed by atoms with Crippen LogP contribution in [0.25, 0.3) is 21.8 Å². The maximum absolute atomic E-state index is 9.57. The van der Waals surface area contributed by atoms with Crippen molar-refractivity contribution in [1.82, 2.24) is 4.57 Å². The second-order valence-corrected chi connectivity index (χ2v) is 6.66. The lowest BCUT2D eigenvalue weighted by atomic mass is 9.81. The highest BCUT2D eigenvalue weighted by atomic mass is 35.5. The van der Waals surface area contributed by atoms with E-state index in [9.17, 15) is 5.11 Å². The number of aromatic nitrogens is 1. The summed E-state index contributed by atoms with van der Waals surface area (Å²) in [6.07, 6.45) is 0. The molecule has 0 fully saturated rings. The fraction of sp³-hybridized carbons (Fsp3) is 0.368. The summed E-state index contributed by atoms with van der Waals surface area (Å²) in [4.78, 5) is 0. The summed E-state index contributed by atoms with van der Waals surface area (Å²) in [5, 5.41) is 12.1. The first-order chi connectivity index (χ1) is 10.5. The van der Waals surface area contributed by atoms with Crippen LogP contribution in [0.2, 0.25) is 0 Å². The van der Waals surface area contributed by atoms with Crippen molar-refractivity contribution >= 4 is 34.2 Å². The number of hydrogen-bond acceptors (Lipinski definition) is 2. The lowest BCUT2D eigenvalue weighted by Gasteiger charge is -2.29. The Kier molecular flexibility index (Phi) is 5.04. The summed E-state index contributed by atoms with van der Waals surface area (Å²) >= 11 is 0. The Morgan fingerprint density at radius 3 is 2.39 bits per heavy atom. The summed E-state index contributed by atoms with van der Waals surface area (Å²) in [5.74, 6) is 0. The number of aliphatic hydroxyl groups is 1. The van der Waals surface area contributed by atoms with Gasteiger partial charge in [-0.25, -0.2) is 0 Å². The van der Waals surface area contributed by atoms with Crippen LogP contribution in [-0.2, 0) is 6.54 Å².